The number of allylic oxidation sites excluding steroid dienone is 4. The molecule has 1 N–H and O–H groups in total. The molecule has 1 aliphatic carbocycles. The molecule has 0 aromatic heterocycles. The summed E-state index contributed by atoms with van der Waals surface area (Å²) in [5.41, 5.74) is 6.51. The Morgan fingerprint density at radius 2 is 2.11 bits per heavy atom. The Hall–Kier alpha value is -2.36. The van der Waals surface area contributed by atoms with Gasteiger partial charge in [0.15, 0.2) is 6.61 Å². The molecule has 0 saturated carbocycles. The van der Waals surface area contributed by atoms with Gasteiger partial charge >= 0.3 is 0 Å². The molecule has 0 radical (unpaired) electrons. The van der Waals surface area contributed by atoms with Gasteiger partial charge in [-0.15, -0.1) is 0 Å². The molecule has 27 heavy (non-hydrogen) atoms. The van der Waals surface area contributed by atoms with Crippen molar-refractivity contribution in [3.8, 4) is 5.75 Å². The molecule has 4 heteroatoms. The van der Waals surface area contributed by atoms with Gasteiger partial charge in [0.25, 0.3) is 5.91 Å². The average molecular weight is 369 g/mol. The third-order valence-electron chi connectivity index (χ3n) is 4.90. The lowest BCUT2D eigenvalue weighted by Crippen LogP contribution is -2.26. The van der Waals surface area contributed by atoms with Crippen molar-refractivity contribution in [1.82, 2.24) is 5.43 Å². The van der Waals surface area contributed by atoms with Gasteiger partial charge in [-0.1, -0.05) is 48.4 Å². The summed E-state index contributed by atoms with van der Waals surface area (Å²) in [6, 6.07) is 7.65. The first-order valence-electron chi connectivity index (χ1n) is 9.79. The highest BCUT2D eigenvalue weighted by Crippen LogP contribution is 2.29. The molecular formula is C23H32N2O2. The van der Waals surface area contributed by atoms with E-state index in [0.29, 0.717) is 11.8 Å². The maximum atomic E-state index is 11.9. The van der Waals surface area contributed by atoms with E-state index in [-0.39, 0.29) is 12.5 Å². The smallest absolute Gasteiger partial charge is 0.277 e. The number of hydrogen-bond acceptors (Lipinski definition) is 3. The number of hydrogen-bond donors (Lipinski definition) is 1. The molecule has 0 unspecified atom stereocenters. The fourth-order valence-electron chi connectivity index (χ4n) is 3.26. The number of rotatable bonds is 8. The van der Waals surface area contributed by atoms with Crippen molar-refractivity contribution >= 4 is 12.1 Å². The number of benzene rings is 1. The van der Waals surface area contributed by atoms with Crippen LogP contribution in [0.1, 0.15) is 52.0 Å². The zero-order valence-corrected chi connectivity index (χ0v) is 17.0. The van der Waals surface area contributed by atoms with E-state index in [9.17, 15) is 4.79 Å². The normalized spacial score (nSPS) is 19.5. The van der Waals surface area contributed by atoms with Gasteiger partial charge in [-0.2, -0.15) is 5.10 Å². The fourth-order valence-corrected chi connectivity index (χ4v) is 3.26. The van der Waals surface area contributed by atoms with Crippen LogP contribution < -0.4 is 10.2 Å². The first-order chi connectivity index (χ1) is 13.0. The quantitative estimate of drug-likeness (QED) is 0.390. The lowest BCUT2D eigenvalue weighted by molar-refractivity contribution is -0.123. The van der Waals surface area contributed by atoms with E-state index >= 15 is 0 Å². The molecule has 1 amide bonds. The first-order valence-corrected chi connectivity index (χ1v) is 9.79. The summed E-state index contributed by atoms with van der Waals surface area (Å²) >= 11 is 0. The zero-order chi connectivity index (χ0) is 19.6. The summed E-state index contributed by atoms with van der Waals surface area (Å²) in [5.74, 6) is 1.30. The highest BCUT2D eigenvalue weighted by molar-refractivity contribution is 5.78. The van der Waals surface area contributed by atoms with Gasteiger partial charge in [-0.25, -0.2) is 5.43 Å². The third kappa shape index (κ3) is 7.41. The van der Waals surface area contributed by atoms with Crippen LogP contribution >= 0.6 is 0 Å². The van der Waals surface area contributed by atoms with E-state index < -0.39 is 0 Å². The fraction of sp³-hybridized carbons (Fsp3) is 0.478. The second kappa shape index (κ2) is 10.7. The highest BCUT2D eigenvalue weighted by atomic mass is 16.5. The van der Waals surface area contributed by atoms with E-state index in [1.165, 1.54) is 5.57 Å². The molecule has 1 aromatic rings. The molecule has 0 spiro atoms. The Labute approximate surface area is 163 Å². The molecule has 2 atom stereocenters. The predicted octanol–water partition coefficient (Wildman–Crippen LogP) is 5.19. The largest absolute Gasteiger partial charge is 0.483 e. The van der Waals surface area contributed by atoms with Gasteiger partial charge in [0, 0.05) is 12.1 Å². The maximum absolute atomic E-state index is 11.9. The molecule has 0 aliphatic heterocycles. The molecule has 2 rings (SSSR count). The van der Waals surface area contributed by atoms with Crippen molar-refractivity contribution in [2.24, 2.45) is 16.9 Å². The topological polar surface area (TPSA) is 50.7 Å². The van der Waals surface area contributed by atoms with Crippen molar-refractivity contribution in [1.29, 1.82) is 0 Å². The number of aryl methyl sites for hydroxylation is 1. The van der Waals surface area contributed by atoms with Crippen LogP contribution in [0.15, 0.2) is 52.7 Å². The minimum atomic E-state index is -0.240. The summed E-state index contributed by atoms with van der Waals surface area (Å²) in [4.78, 5) is 11.9. The van der Waals surface area contributed by atoms with Crippen LogP contribution in [-0.2, 0) is 4.79 Å². The van der Waals surface area contributed by atoms with E-state index in [4.69, 9.17) is 4.74 Å². The molecule has 0 bridgehead atoms. The van der Waals surface area contributed by atoms with Crippen molar-refractivity contribution < 1.29 is 9.53 Å². The van der Waals surface area contributed by atoms with Crippen LogP contribution in [0, 0.1) is 18.8 Å². The van der Waals surface area contributed by atoms with Crippen molar-refractivity contribution in [3.05, 3.63) is 53.1 Å². The highest BCUT2D eigenvalue weighted by Gasteiger charge is 2.19. The SMILES string of the molecule is CC(C)=CCCC1=C[C@H](C)[C@@H](/C=N\NC(=O)COc2ccccc2C)CC1. The molecule has 1 aliphatic rings. The van der Waals surface area contributed by atoms with Gasteiger partial charge in [0.2, 0.25) is 0 Å². The van der Waals surface area contributed by atoms with Crippen molar-refractivity contribution in [3.63, 3.8) is 0 Å². The standard InChI is InChI=1S/C23H32N2O2/c1-17(2)8-7-10-20-12-13-21(19(4)14-20)15-24-25-23(26)16-27-22-11-6-5-9-18(22)3/h5-6,8-9,11,14-15,19,21H,7,10,12-13,16H2,1-4H3,(H,25,26)/b24-15-/t19-,21+/m0/s1. The van der Waals surface area contributed by atoms with Crippen LogP contribution in [0.5, 0.6) is 5.75 Å². The predicted molar refractivity (Wildman–Crippen MR) is 112 cm³/mol. The summed E-state index contributed by atoms with van der Waals surface area (Å²) in [7, 11) is 0. The monoisotopic (exact) mass is 368 g/mol. The molecule has 1 aromatic carbocycles. The Morgan fingerprint density at radius 3 is 2.81 bits per heavy atom. The number of carbonyl (C=O) groups excluding carboxylic acids is 1. The van der Waals surface area contributed by atoms with Crippen LogP contribution in [0.3, 0.4) is 0 Å². The van der Waals surface area contributed by atoms with Gasteiger partial charge < -0.3 is 4.74 Å². The van der Waals surface area contributed by atoms with Crippen molar-refractivity contribution in [2.45, 2.75) is 53.4 Å². The maximum Gasteiger partial charge on any atom is 0.277 e. The van der Waals surface area contributed by atoms with Crippen LogP contribution in [0.2, 0.25) is 0 Å². The lowest BCUT2D eigenvalue weighted by atomic mass is 9.81. The number of para-hydroxylation sites is 1. The number of nitrogens with zero attached hydrogens (tertiary/aromatic N) is 1. The Morgan fingerprint density at radius 1 is 1.33 bits per heavy atom. The third-order valence-corrected chi connectivity index (χ3v) is 4.90. The number of ether oxygens (including phenoxy) is 1. The minimum absolute atomic E-state index is 0.0309. The van der Waals surface area contributed by atoms with E-state index in [1.54, 1.807) is 5.57 Å². The van der Waals surface area contributed by atoms with Crippen LogP contribution in [0.4, 0.5) is 0 Å². The number of hydrazone groups is 1. The molecule has 0 heterocycles. The summed E-state index contributed by atoms with van der Waals surface area (Å²) in [6.07, 6.45) is 11.0. The number of amides is 1. The van der Waals surface area contributed by atoms with E-state index in [0.717, 1.165) is 37.0 Å². The van der Waals surface area contributed by atoms with Crippen molar-refractivity contribution in [2.75, 3.05) is 6.61 Å². The minimum Gasteiger partial charge on any atom is -0.483 e. The molecule has 4 nitrogen and oxygen atoms in total. The molecule has 0 saturated heterocycles. The van der Waals surface area contributed by atoms with Crippen LogP contribution in [-0.4, -0.2) is 18.7 Å². The van der Waals surface area contributed by atoms with Gasteiger partial charge in [-0.05, 0) is 64.0 Å². The number of carbonyl (C=O) groups is 1. The summed E-state index contributed by atoms with van der Waals surface area (Å²) < 4.78 is 5.53. The second-order valence-corrected chi connectivity index (χ2v) is 7.57. The van der Waals surface area contributed by atoms with Crippen LogP contribution in [0.25, 0.3) is 0 Å². The lowest BCUT2D eigenvalue weighted by Gasteiger charge is -2.24. The first kappa shape index (κ1) is 20.9. The Bertz CT molecular complexity index is 715. The molecule has 0 fully saturated rings. The average Bonchev–Trinajstić information content (AvgIpc) is 2.62. The zero-order valence-electron chi connectivity index (χ0n) is 17.0. The Balaban J connectivity index is 1.74. The van der Waals surface area contributed by atoms with E-state index in [2.05, 4.69) is 43.5 Å². The number of nitrogens with one attached hydrogen (secondary N) is 1. The van der Waals surface area contributed by atoms with Gasteiger partial charge in [0.1, 0.15) is 5.75 Å². The van der Waals surface area contributed by atoms with E-state index in [1.807, 2.05) is 37.4 Å². The second-order valence-electron chi connectivity index (χ2n) is 7.57. The molecular weight excluding hydrogens is 336 g/mol. The summed E-state index contributed by atoms with van der Waals surface area (Å²) in [6.45, 7) is 8.43. The molecule has 146 valence electrons. The van der Waals surface area contributed by atoms with Gasteiger partial charge in [-0.3, -0.25) is 4.79 Å². The van der Waals surface area contributed by atoms with Gasteiger partial charge in [0.05, 0.1) is 0 Å². The Kier molecular flexibility index (Phi) is 8.31. The summed E-state index contributed by atoms with van der Waals surface area (Å²) in [5, 5.41) is 4.15.